The Morgan fingerprint density at radius 1 is 1.28 bits per heavy atom. The van der Waals surface area contributed by atoms with Crippen LogP contribution in [0.5, 0.6) is 5.75 Å². The summed E-state index contributed by atoms with van der Waals surface area (Å²) in [6, 6.07) is 9.27. The number of anilines is 2. The summed E-state index contributed by atoms with van der Waals surface area (Å²) < 4.78 is 6.95. The fourth-order valence-electron chi connectivity index (χ4n) is 2.61. The summed E-state index contributed by atoms with van der Waals surface area (Å²) >= 11 is 0. The molecule has 3 aromatic rings. The Bertz CT molecular complexity index is 911. The second-order valence-electron chi connectivity index (χ2n) is 6.25. The molecule has 7 heteroatoms. The third-order valence-electron chi connectivity index (χ3n) is 3.79. The number of benzene rings is 1. The smallest absolute Gasteiger partial charge is 0.275 e. The van der Waals surface area contributed by atoms with E-state index in [9.17, 15) is 4.79 Å². The minimum Gasteiger partial charge on any atom is -0.491 e. The van der Waals surface area contributed by atoms with Crippen molar-refractivity contribution in [3.8, 4) is 5.75 Å². The minimum atomic E-state index is -0.176. The van der Waals surface area contributed by atoms with Crippen LogP contribution in [-0.2, 0) is 6.42 Å². The summed E-state index contributed by atoms with van der Waals surface area (Å²) in [5.74, 6) is 1.73. The zero-order chi connectivity index (χ0) is 18.0. The van der Waals surface area contributed by atoms with E-state index >= 15 is 0 Å². The van der Waals surface area contributed by atoms with Gasteiger partial charge in [-0.2, -0.15) is 9.50 Å². The molecule has 2 aromatic heterocycles. The van der Waals surface area contributed by atoms with E-state index in [1.54, 1.807) is 6.07 Å². The highest BCUT2D eigenvalue weighted by Crippen LogP contribution is 2.23. The first-order chi connectivity index (χ1) is 12.0. The molecule has 0 saturated heterocycles. The lowest BCUT2D eigenvalue weighted by Gasteiger charge is -2.16. The second kappa shape index (κ2) is 6.96. The fraction of sp³-hybridized carbons (Fsp3) is 0.389. The van der Waals surface area contributed by atoms with Gasteiger partial charge in [0.15, 0.2) is 0 Å². The lowest BCUT2D eigenvalue weighted by molar-refractivity contribution is 0.242. The topological polar surface area (TPSA) is 75.5 Å². The normalized spacial score (nSPS) is 11.2. The number of fused-ring (bicyclic) bond motifs is 1. The van der Waals surface area contributed by atoms with Crippen molar-refractivity contribution in [1.82, 2.24) is 19.6 Å². The van der Waals surface area contributed by atoms with Crippen molar-refractivity contribution in [2.75, 3.05) is 11.9 Å². The van der Waals surface area contributed by atoms with Gasteiger partial charge in [0.05, 0.1) is 6.10 Å². The number of aryl methyl sites for hydroxylation is 1. The van der Waals surface area contributed by atoms with Crippen molar-refractivity contribution in [3.05, 3.63) is 46.4 Å². The van der Waals surface area contributed by atoms with Crippen LogP contribution in [0.15, 0.2) is 35.1 Å². The van der Waals surface area contributed by atoms with Gasteiger partial charge in [-0.3, -0.25) is 4.79 Å². The van der Waals surface area contributed by atoms with Crippen molar-refractivity contribution in [2.45, 2.75) is 39.7 Å². The Morgan fingerprint density at radius 3 is 2.64 bits per heavy atom. The maximum atomic E-state index is 12.2. The Labute approximate surface area is 146 Å². The second-order valence-corrected chi connectivity index (χ2v) is 6.25. The highest BCUT2D eigenvalue weighted by molar-refractivity contribution is 5.58. The number of hydrogen-bond acceptors (Lipinski definition) is 5. The van der Waals surface area contributed by atoms with Gasteiger partial charge in [0, 0.05) is 24.5 Å². The van der Waals surface area contributed by atoms with Crippen molar-refractivity contribution in [2.24, 2.45) is 0 Å². The summed E-state index contributed by atoms with van der Waals surface area (Å²) in [7, 11) is 1.87. The van der Waals surface area contributed by atoms with Crippen molar-refractivity contribution in [1.29, 1.82) is 0 Å². The molecule has 1 N–H and O–H groups in total. The SMILES string of the molecule is CCCc1cc(=O)n2nc(N(C)c3ccc(OC(C)C)cc3)nc2[nH]1. The van der Waals surface area contributed by atoms with Crippen LogP contribution in [0.3, 0.4) is 0 Å². The third-order valence-corrected chi connectivity index (χ3v) is 3.79. The van der Waals surface area contributed by atoms with Gasteiger partial charge in [0.2, 0.25) is 5.78 Å². The number of ether oxygens (including phenoxy) is 1. The summed E-state index contributed by atoms with van der Waals surface area (Å²) in [6.45, 7) is 6.05. The van der Waals surface area contributed by atoms with Gasteiger partial charge in [0.1, 0.15) is 5.75 Å². The van der Waals surface area contributed by atoms with Crippen LogP contribution < -0.4 is 15.2 Å². The van der Waals surface area contributed by atoms with Crippen LogP contribution in [0, 0.1) is 0 Å². The molecule has 0 unspecified atom stereocenters. The molecule has 132 valence electrons. The van der Waals surface area contributed by atoms with E-state index in [4.69, 9.17) is 4.74 Å². The Kier molecular flexibility index (Phi) is 4.74. The molecular weight excluding hydrogens is 318 g/mol. The standard InChI is InChI=1S/C18H23N5O2/c1-5-6-13-11-16(24)23-17(19-13)20-18(21-23)22(4)14-7-9-15(10-8-14)25-12(2)3/h7-12H,5-6H2,1-4H3,(H,19,20,21). The van der Waals surface area contributed by atoms with Gasteiger partial charge < -0.3 is 14.6 Å². The van der Waals surface area contributed by atoms with E-state index in [1.807, 2.05) is 50.1 Å². The van der Waals surface area contributed by atoms with Crippen LogP contribution in [0.25, 0.3) is 5.78 Å². The summed E-state index contributed by atoms with van der Waals surface area (Å²) in [5, 5.41) is 4.32. The molecule has 0 amide bonds. The lowest BCUT2D eigenvalue weighted by atomic mass is 10.2. The molecule has 0 atom stereocenters. The Morgan fingerprint density at radius 2 is 2.00 bits per heavy atom. The molecule has 2 heterocycles. The van der Waals surface area contributed by atoms with Crippen molar-refractivity contribution >= 4 is 17.4 Å². The van der Waals surface area contributed by atoms with Crippen LogP contribution in [-0.4, -0.2) is 32.7 Å². The quantitative estimate of drug-likeness (QED) is 0.746. The van der Waals surface area contributed by atoms with Crippen molar-refractivity contribution in [3.63, 3.8) is 0 Å². The van der Waals surface area contributed by atoms with Crippen LogP contribution in [0.1, 0.15) is 32.9 Å². The number of aromatic amines is 1. The maximum Gasteiger partial charge on any atom is 0.275 e. The van der Waals surface area contributed by atoms with Gasteiger partial charge >= 0.3 is 0 Å². The van der Waals surface area contributed by atoms with E-state index < -0.39 is 0 Å². The van der Waals surface area contributed by atoms with Crippen LogP contribution in [0.4, 0.5) is 11.6 Å². The van der Waals surface area contributed by atoms with Gasteiger partial charge in [-0.05, 0) is 44.5 Å². The maximum absolute atomic E-state index is 12.2. The first-order valence-corrected chi connectivity index (χ1v) is 8.47. The molecule has 1 aromatic carbocycles. The predicted molar refractivity (Wildman–Crippen MR) is 97.9 cm³/mol. The number of nitrogens with one attached hydrogen (secondary N) is 1. The summed E-state index contributed by atoms with van der Waals surface area (Å²) in [6.07, 6.45) is 1.89. The number of rotatable bonds is 6. The Balaban J connectivity index is 1.90. The minimum absolute atomic E-state index is 0.131. The first-order valence-electron chi connectivity index (χ1n) is 8.47. The lowest BCUT2D eigenvalue weighted by Crippen LogP contribution is -2.16. The molecule has 0 radical (unpaired) electrons. The number of H-pyrrole nitrogens is 1. The molecule has 0 aliphatic carbocycles. The molecule has 0 saturated carbocycles. The van der Waals surface area contributed by atoms with Crippen LogP contribution in [0.2, 0.25) is 0 Å². The first kappa shape index (κ1) is 17.0. The van der Waals surface area contributed by atoms with E-state index in [2.05, 4.69) is 22.0 Å². The zero-order valence-electron chi connectivity index (χ0n) is 15.0. The number of nitrogens with zero attached hydrogens (tertiary/aromatic N) is 4. The molecule has 0 aliphatic rings. The molecular formula is C18H23N5O2. The summed E-state index contributed by atoms with van der Waals surface area (Å²) in [4.78, 5) is 21.7. The molecule has 0 fully saturated rings. The average Bonchev–Trinajstić information content (AvgIpc) is 2.99. The molecule has 7 nitrogen and oxygen atoms in total. The number of aromatic nitrogens is 4. The van der Waals surface area contributed by atoms with Gasteiger partial charge in [0.25, 0.3) is 11.5 Å². The third kappa shape index (κ3) is 3.65. The van der Waals surface area contributed by atoms with Gasteiger partial charge in [-0.1, -0.05) is 13.3 Å². The predicted octanol–water partition coefficient (Wildman–Crippen LogP) is 2.93. The Hall–Kier alpha value is -2.83. The molecule has 0 bridgehead atoms. The van der Waals surface area contributed by atoms with E-state index in [0.29, 0.717) is 11.7 Å². The molecule has 25 heavy (non-hydrogen) atoms. The number of hydrogen-bond donors (Lipinski definition) is 1. The monoisotopic (exact) mass is 341 g/mol. The van der Waals surface area contributed by atoms with E-state index in [0.717, 1.165) is 30.0 Å². The summed E-state index contributed by atoms with van der Waals surface area (Å²) in [5.41, 5.74) is 1.61. The van der Waals surface area contributed by atoms with Crippen LogP contribution >= 0.6 is 0 Å². The van der Waals surface area contributed by atoms with Gasteiger partial charge in [-0.15, -0.1) is 5.10 Å². The van der Waals surface area contributed by atoms with E-state index in [-0.39, 0.29) is 11.7 Å². The molecule has 0 aliphatic heterocycles. The largest absolute Gasteiger partial charge is 0.491 e. The van der Waals surface area contributed by atoms with Gasteiger partial charge in [-0.25, -0.2) is 0 Å². The zero-order valence-corrected chi connectivity index (χ0v) is 15.0. The molecule has 3 rings (SSSR count). The fourth-order valence-corrected chi connectivity index (χ4v) is 2.61. The molecule has 0 spiro atoms. The highest BCUT2D eigenvalue weighted by atomic mass is 16.5. The van der Waals surface area contributed by atoms with Crippen molar-refractivity contribution < 1.29 is 4.74 Å². The average molecular weight is 341 g/mol. The van der Waals surface area contributed by atoms with E-state index in [1.165, 1.54) is 4.52 Å². The highest BCUT2D eigenvalue weighted by Gasteiger charge is 2.13.